The lowest BCUT2D eigenvalue weighted by molar-refractivity contribution is -0.385. The van der Waals surface area contributed by atoms with Gasteiger partial charge in [-0.1, -0.05) is 29.0 Å². The molecule has 7 nitrogen and oxygen atoms in total. The maximum atomic E-state index is 12.1. The average molecular weight is 343 g/mol. The second-order valence-electron chi connectivity index (χ2n) is 4.08. The molecule has 1 amide bonds. The number of benzene rings is 1. The molecule has 0 aliphatic carbocycles. The van der Waals surface area contributed by atoms with Crippen LogP contribution in [0.4, 0.5) is 10.8 Å². The molecule has 10 heteroatoms. The smallest absolute Gasteiger partial charge is 0.273 e. The van der Waals surface area contributed by atoms with E-state index in [0.717, 1.165) is 0 Å². The van der Waals surface area contributed by atoms with Gasteiger partial charge in [0.05, 0.1) is 21.3 Å². The molecule has 1 aromatic heterocycles. The lowest BCUT2D eigenvalue weighted by Gasteiger charge is -2.21. The standard InChI is InChI=1S/C11H7ClN4O3S2/c12-6-2-1-3-7(16(18)19)9(6)10-15(8(17)4-20-10)11-14-13-5-21-11/h1-3,5,10H,4H2. The number of amides is 1. The van der Waals surface area contributed by atoms with Gasteiger partial charge in [-0.25, -0.2) is 0 Å². The number of nitro groups is 1. The monoisotopic (exact) mass is 342 g/mol. The highest BCUT2D eigenvalue weighted by molar-refractivity contribution is 8.00. The fourth-order valence-corrected chi connectivity index (χ4v) is 4.27. The van der Waals surface area contributed by atoms with Crippen LogP contribution in [0.1, 0.15) is 10.9 Å². The summed E-state index contributed by atoms with van der Waals surface area (Å²) >= 11 is 8.62. The molecular formula is C11H7ClN4O3S2. The number of nitrogens with zero attached hydrogens (tertiary/aromatic N) is 4. The van der Waals surface area contributed by atoms with Crippen molar-refractivity contribution in [2.24, 2.45) is 0 Å². The van der Waals surface area contributed by atoms with Crippen LogP contribution in [0, 0.1) is 10.1 Å². The Balaban J connectivity index is 2.12. The maximum Gasteiger partial charge on any atom is 0.277 e. The maximum absolute atomic E-state index is 12.1. The molecule has 1 fully saturated rings. The summed E-state index contributed by atoms with van der Waals surface area (Å²) in [4.78, 5) is 24.2. The van der Waals surface area contributed by atoms with Gasteiger partial charge in [-0.15, -0.1) is 22.0 Å². The van der Waals surface area contributed by atoms with Crippen LogP contribution in [0.3, 0.4) is 0 Å². The van der Waals surface area contributed by atoms with E-state index in [-0.39, 0.29) is 22.4 Å². The molecule has 2 heterocycles. The van der Waals surface area contributed by atoms with E-state index in [2.05, 4.69) is 10.2 Å². The zero-order chi connectivity index (χ0) is 15.0. The van der Waals surface area contributed by atoms with Gasteiger partial charge in [0.1, 0.15) is 10.9 Å². The first-order valence-corrected chi connectivity index (χ1v) is 8.03. The highest BCUT2D eigenvalue weighted by atomic mass is 35.5. The molecule has 21 heavy (non-hydrogen) atoms. The summed E-state index contributed by atoms with van der Waals surface area (Å²) in [6, 6.07) is 4.47. The van der Waals surface area contributed by atoms with Crippen LogP contribution >= 0.6 is 34.7 Å². The normalized spacial score (nSPS) is 18.2. The van der Waals surface area contributed by atoms with Gasteiger partial charge < -0.3 is 0 Å². The summed E-state index contributed by atoms with van der Waals surface area (Å²) in [7, 11) is 0. The molecule has 0 N–H and O–H groups in total. The third kappa shape index (κ3) is 2.47. The van der Waals surface area contributed by atoms with Crippen molar-refractivity contribution in [2.75, 3.05) is 10.7 Å². The third-order valence-corrected chi connectivity index (χ3v) is 5.09. The molecule has 2 aromatic rings. The van der Waals surface area contributed by atoms with E-state index in [1.165, 1.54) is 45.6 Å². The van der Waals surface area contributed by atoms with Crippen LogP contribution in [0.5, 0.6) is 0 Å². The molecule has 1 aliphatic heterocycles. The molecule has 1 aromatic carbocycles. The lowest BCUT2D eigenvalue weighted by atomic mass is 10.1. The van der Waals surface area contributed by atoms with Crippen molar-refractivity contribution in [1.82, 2.24) is 10.2 Å². The summed E-state index contributed by atoms with van der Waals surface area (Å²) in [5, 5.41) is 18.9. The fraction of sp³-hybridized carbons (Fsp3) is 0.182. The van der Waals surface area contributed by atoms with Crippen LogP contribution in [0.15, 0.2) is 23.7 Å². The Hall–Kier alpha value is -1.71. The number of anilines is 1. The Labute approximate surface area is 132 Å². The predicted molar refractivity (Wildman–Crippen MR) is 80.7 cm³/mol. The van der Waals surface area contributed by atoms with Crippen molar-refractivity contribution < 1.29 is 9.72 Å². The number of aromatic nitrogens is 2. The first-order chi connectivity index (χ1) is 10.1. The van der Waals surface area contributed by atoms with Crippen molar-refractivity contribution in [1.29, 1.82) is 0 Å². The average Bonchev–Trinajstić information content (AvgIpc) is 3.07. The largest absolute Gasteiger partial charge is 0.277 e. The topological polar surface area (TPSA) is 89.2 Å². The van der Waals surface area contributed by atoms with Gasteiger partial charge in [-0.3, -0.25) is 19.8 Å². The Bertz CT molecular complexity index is 709. The lowest BCUT2D eigenvalue weighted by Crippen LogP contribution is -2.28. The Kier molecular flexibility index (Phi) is 3.79. The molecule has 0 saturated carbocycles. The van der Waals surface area contributed by atoms with E-state index in [1.54, 1.807) is 6.07 Å². The van der Waals surface area contributed by atoms with Gasteiger partial charge in [0.2, 0.25) is 11.0 Å². The molecule has 1 unspecified atom stereocenters. The SMILES string of the molecule is O=C1CSC(c2c(Cl)cccc2[N+](=O)[O-])N1c1nncs1. The molecule has 3 rings (SSSR count). The molecule has 0 spiro atoms. The molecule has 1 atom stereocenters. The highest BCUT2D eigenvalue weighted by Gasteiger charge is 2.40. The van der Waals surface area contributed by atoms with Gasteiger partial charge in [0.15, 0.2) is 0 Å². The molecule has 0 bridgehead atoms. The van der Waals surface area contributed by atoms with Crippen molar-refractivity contribution in [3.05, 3.63) is 44.4 Å². The van der Waals surface area contributed by atoms with Crippen LogP contribution in [0.2, 0.25) is 5.02 Å². The van der Waals surface area contributed by atoms with Crippen molar-refractivity contribution in [3.63, 3.8) is 0 Å². The quantitative estimate of drug-likeness (QED) is 0.629. The van der Waals surface area contributed by atoms with E-state index >= 15 is 0 Å². The predicted octanol–water partition coefficient (Wildman–Crippen LogP) is 2.88. The Morgan fingerprint density at radius 2 is 2.29 bits per heavy atom. The second-order valence-corrected chi connectivity index (χ2v) is 6.37. The first-order valence-electron chi connectivity index (χ1n) is 5.72. The Morgan fingerprint density at radius 3 is 2.95 bits per heavy atom. The molecule has 1 aliphatic rings. The van der Waals surface area contributed by atoms with Crippen LogP contribution in [-0.4, -0.2) is 26.8 Å². The van der Waals surface area contributed by atoms with E-state index in [0.29, 0.717) is 10.7 Å². The minimum atomic E-state index is -0.570. The molecule has 0 radical (unpaired) electrons. The highest BCUT2D eigenvalue weighted by Crippen LogP contribution is 2.47. The van der Waals surface area contributed by atoms with E-state index in [1.807, 2.05) is 0 Å². The van der Waals surface area contributed by atoms with E-state index < -0.39 is 10.3 Å². The number of nitro benzene ring substituents is 1. The Morgan fingerprint density at radius 1 is 1.48 bits per heavy atom. The number of carbonyl (C=O) groups excluding carboxylic acids is 1. The fourth-order valence-electron chi connectivity index (χ4n) is 2.05. The molecule has 108 valence electrons. The van der Waals surface area contributed by atoms with Crippen molar-refractivity contribution >= 4 is 51.4 Å². The van der Waals surface area contributed by atoms with Crippen molar-refractivity contribution in [3.8, 4) is 0 Å². The minimum Gasteiger partial charge on any atom is -0.273 e. The summed E-state index contributed by atoms with van der Waals surface area (Å²) in [6.45, 7) is 0. The van der Waals surface area contributed by atoms with Gasteiger partial charge in [-0.2, -0.15) is 0 Å². The van der Waals surface area contributed by atoms with Crippen LogP contribution in [0.25, 0.3) is 0 Å². The van der Waals surface area contributed by atoms with Crippen LogP contribution < -0.4 is 4.90 Å². The second kappa shape index (κ2) is 5.58. The van der Waals surface area contributed by atoms with Crippen molar-refractivity contribution in [2.45, 2.75) is 5.37 Å². The molecule has 1 saturated heterocycles. The molecular weight excluding hydrogens is 336 g/mol. The zero-order valence-electron chi connectivity index (χ0n) is 10.3. The number of halogens is 1. The number of hydrogen-bond donors (Lipinski definition) is 0. The summed E-state index contributed by atoms with van der Waals surface area (Å²) in [6.07, 6.45) is 0. The summed E-state index contributed by atoms with van der Waals surface area (Å²) in [5.74, 6) is 0.0445. The summed E-state index contributed by atoms with van der Waals surface area (Å²) in [5.41, 5.74) is 1.71. The van der Waals surface area contributed by atoms with Gasteiger partial charge in [0, 0.05) is 6.07 Å². The van der Waals surface area contributed by atoms with Gasteiger partial charge in [-0.05, 0) is 6.07 Å². The van der Waals surface area contributed by atoms with Gasteiger partial charge >= 0.3 is 0 Å². The van der Waals surface area contributed by atoms with Gasteiger partial charge in [0.25, 0.3) is 5.69 Å². The zero-order valence-corrected chi connectivity index (χ0v) is 12.7. The first kappa shape index (κ1) is 14.2. The van der Waals surface area contributed by atoms with E-state index in [4.69, 9.17) is 11.6 Å². The van der Waals surface area contributed by atoms with Crippen LogP contribution in [-0.2, 0) is 4.79 Å². The minimum absolute atomic E-state index is 0.107. The number of rotatable bonds is 3. The third-order valence-electron chi connectivity index (χ3n) is 2.90. The number of carbonyl (C=O) groups is 1. The number of hydrogen-bond acceptors (Lipinski definition) is 7. The van der Waals surface area contributed by atoms with E-state index in [9.17, 15) is 14.9 Å². The summed E-state index contributed by atoms with van der Waals surface area (Å²) < 4.78 is 0. The number of thioether (sulfide) groups is 1.